The van der Waals surface area contributed by atoms with E-state index in [-0.39, 0.29) is 17.4 Å². The van der Waals surface area contributed by atoms with E-state index in [1.165, 1.54) is 0 Å². The van der Waals surface area contributed by atoms with Crippen molar-refractivity contribution in [1.29, 1.82) is 0 Å². The zero-order valence-electron chi connectivity index (χ0n) is 11.7. The van der Waals surface area contributed by atoms with E-state index in [1.807, 2.05) is 0 Å². The van der Waals surface area contributed by atoms with Crippen LogP contribution < -0.4 is 4.90 Å². The molecule has 1 aliphatic rings. The van der Waals surface area contributed by atoms with E-state index in [2.05, 4.69) is 0 Å². The van der Waals surface area contributed by atoms with Crippen LogP contribution in [-0.2, 0) is 9.53 Å². The van der Waals surface area contributed by atoms with Crippen LogP contribution in [0.5, 0.6) is 0 Å². The lowest BCUT2D eigenvalue weighted by Gasteiger charge is -2.33. The second kappa shape index (κ2) is 6.67. The number of nitrogens with zero attached hydrogens (tertiary/aromatic N) is 1. The van der Waals surface area contributed by atoms with Crippen LogP contribution in [0.3, 0.4) is 0 Å². The van der Waals surface area contributed by atoms with Crippen LogP contribution in [0.25, 0.3) is 6.08 Å². The summed E-state index contributed by atoms with van der Waals surface area (Å²) in [7, 11) is 1.63. The minimum atomic E-state index is -1.17. The summed E-state index contributed by atoms with van der Waals surface area (Å²) in [6.07, 6.45) is 3.57. The molecule has 1 N–H and O–H groups in total. The van der Waals surface area contributed by atoms with Crippen molar-refractivity contribution in [2.24, 2.45) is 0 Å². The third kappa shape index (κ3) is 3.78. The first kappa shape index (κ1) is 15.4. The van der Waals surface area contributed by atoms with Crippen molar-refractivity contribution in [2.45, 2.75) is 18.9 Å². The van der Waals surface area contributed by atoms with E-state index in [9.17, 15) is 13.6 Å². The number of anilines is 1. The van der Waals surface area contributed by atoms with Crippen molar-refractivity contribution in [1.82, 2.24) is 0 Å². The first-order valence-electron chi connectivity index (χ1n) is 6.69. The molecule has 0 aliphatic carbocycles. The molecule has 0 radical (unpaired) electrons. The van der Waals surface area contributed by atoms with Gasteiger partial charge in [-0.3, -0.25) is 0 Å². The van der Waals surface area contributed by atoms with Gasteiger partial charge in [0.2, 0.25) is 0 Å². The molecule has 4 nitrogen and oxygen atoms in total. The maximum absolute atomic E-state index is 14.1. The molecule has 114 valence electrons. The molecule has 0 atom stereocenters. The van der Waals surface area contributed by atoms with Crippen LogP contribution in [0.1, 0.15) is 18.4 Å². The zero-order chi connectivity index (χ0) is 15.4. The van der Waals surface area contributed by atoms with Crippen LogP contribution in [0.2, 0.25) is 0 Å². The normalized spacial score (nSPS) is 16.6. The number of hydrogen-bond donors (Lipinski definition) is 1. The summed E-state index contributed by atoms with van der Waals surface area (Å²) in [6, 6.07) is 2.28. The lowest BCUT2D eigenvalue weighted by atomic mass is 10.1. The molecule has 1 aromatic rings. The number of benzene rings is 1. The number of aliphatic carboxylic acids is 1. The average Bonchev–Trinajstić information content (AvgIpc) is 2.45. The molecule has 0 spiro atoms. The van der Waals surface area contributed by atoms with Crippen LogP contribution >= 0.6 is 0 Å². The highest BCUT2D eigenvalue weighted by Gasteiger charge is 2.23. The largest absolute Gasteiger partial charge is 0.478 e. The molecular formula is C15H17F2NO3. The summed E-state index contributed by atoms with van der Waals surface area (Å²) in [4.78, 5) is 12.1. The molecule has 0 bridgehead atoms. The molecule has 0 saturated carbocycles. The van der Waals surface area contributed by atoms with Gasteiger partial charge in [0.25, 0.3) is 0 Å². The Balaban J connectivity index is 2.19. The molecule has 2 rings (SSSR count). The van der Waals surface area contributed by atoms with Gasteiger partial charge in [0.05, 0.1) is 6.10 Å². The average molecular weight is 297 g/mol. The SMILES string of the molecule is COC1CCN(c2c(F)cc(C=CC(=O)O)cc2F)CC1. The zero-order valence-corrected chi connectivity index (χ0v) is 11.7. The fourth-order valence-electron chi connectivity index (χ4n) is 2.47. The number of methoxy groups -OCH3 is 1. The van der Waals surface area contributed by atoms with Gasteiger partial charge in [-0.15, -0.1) is 0 Å². The van der Waals surface area contributed by atoms with Crippen LogP contribution in [0.4, 0.5) is 14.5 Å². The molecule has 0 unspecified atom stereocenters. The van der Waals surface area contributed by atoms with E-state index >= 15 is 0 Å². The number of ether oxygens (including phenoxy) is 1. The molecule has 21 heavy (non-hydrogen) atoms. The monoisotopic (exact) mass is 297 g/mol. The highest BCUT2D eigenvalue weighted by atomic mass is 19.1. The highest BCUT2D eigenvalue weighted by molar-refractivity contribution is 5.85. The van der Waals surface area contributed by atoms with Crippen molar-refractivity contribution in [2.75, 3.05) is 25.1 Å². The van der Waals surface area contributed by atoms with Gasteiger partial charge in [0, 0.05) is 26.3 Å². The summed E-state index contributed by atoms with van der Waals surface area (Å²) < 4.78 is 33.4. The number of halogens is 2. The lowest BCUT2D eigenvalue weighted by molar-refractivity contribution is -0.131. The van der Waals surface area contributed by atoms with Crippen molar-refractivity contribution in [3.05, 3.63) is 35.4 Å². The van der Waals surface area contributed by atoms with Gasteiger partial charge in [0.1, 0.15) is 17.3 Å². The summed E-state index contributed by atoms with van der Waals surface area (Å²) in [6.45, 7) is 1.05. The Morgan fingerprint density at radius 3 is 2.38 bits per heavy atom. The molecule has 1 aromatic carbocycles. The minimum absolute atomic E-state index is 0.0583. The summed E-state index contributed by atoms with van der Waals surface area (Å²) in [5.41, 5.74) is 0.125. The van der Waals surface area contributed by atoms with Gasteiger partial charge in [-0.05, 0) is 36.6 Å². The fourth-order valence-corrected chi connectivity index (χ4v) is 2.47. The van der Waals surface area contributed by atoms with E-state index < -0.39 is 17.6 Å². The summed E-state index contributed by atoms with van der Waals surface area (Å²) in [5, 5.41) is 8.53. The van der Waals surface area contributed by atoms with Gasteiger partial charge in [-0.25, -0.2) is 13.6 Å². The number of rotatable bonds is 4. The van der Waals surface area contributed by atoms with Gasteiger partial charge in [-0.2, -0.15) is 0 Å². The number of hydrogen-bond acceptors (Lipinski definition) is 3. The van der Waals surface area contributed by atoms with E-state index in [4.69, 9.17) is 9.84 Å². The van der Waals surface area contributed by atoms with Gasteiger partial charge in [0.15, 0.2) is 0 Å². The molecule has 1 aliphatic heterocycles. The van der Waals surface area contributed by atoms with Crippen molar-refractivity contribution in [3.63, 3.8) is 0 Å². The first-order valence-corrected chi connectivity index (χ1v) is 6.69. The number of carbonyl (C=O) groups is 1. The number of piperidine rings is 1. The lowest BCUT2D eigenvalue weighted by Crippen LogP contribution is -2.37. The minimum Gasteiger partial charge on any atom is -0.478 e. The van der Waals surface area contributed by atoms with Gasteiger partial charge < -0.3 is 14.7 Å². The Hall–Kier alpha value is -1.95. The third-order valence-corrected chi connectivity index (χ3v) is 3.55. The highest BCUT2D eigenvalue weighted by Crippen LogP contribution is 2.28. The predicted octanol–water partition coefficient (Wildman–Crippen LogP) is 2.68. The molecule has 1 heterocycles. The van der Waals surface area contributed by atoms with Gasteiger partial charge >= 0.3 is 5.97 Å². The second-order valence-electron chi connectivity index (χ2n) is 4.93. The quantitative estimate of drug-likeness (QED) is 0.868. The Labute approximate surface area is 121 Å². The van der Waals surface area contributed by atoms with E-state index in [1.54, 1.807) is 12.0 Å². The van der Waals surface area contributed by atoms with E-state index in [0.717, 1.165) is 37.1 Å². The first-order chi connectivity index (χ1) is 10.0. The third-order valence-electron chi connectivity index (χ3n) is 3.55. The standard InChI is InChI=1S/C15H17F2NO3/c1-21-11-4-6-18(7-5-11)15-12(16)8-10(9-13(15)17)2-3-14(19)20/h2-3,8-9,11H,4-7H2,1H3,(H,19,20). The molecule has 1 fully saturated rings. The van der Waals surface area contributed by atoms with Crippen LogP contribution in [-0.4, -0.2) is 37.4 Å². The molecule has 6 heteroatoms. The van der Waals surface area contributed by atoms with E-state index in [0.29, 0.717) is 13.1 Å². The molecule has 0 aromatic heterocycles. The topological polar surface area (TPSA) is 49.8 Å². The van der Waals surface area contributed by atoms with Crippen molar-refractivity contribution >= 4 is 17.7 Å². The summed E-state index contributed by atoms with van der Waals surface area (Å²) in [5.74, 6) is -2.53. The Bertz CT molecular complexity index is 529. The van der Waals surface area contributed by atoms with Crippen LogP contribution in [0, 0.1) is 11.6 Å². The van der Waals surface area contributed by atoms with Crippen LogP contribution in [0.15, 0.2) is 18.2 Å². The van der Waals surface area contributed by atoms with Gasteiger partial charge in [-0.1, -0.05) is 0 Å². The fraction of sp³-hybridized carbons (Fsp3) is 0.400. The van der Waals surface area contributed by atoms with Crippen molar-refractivity contribution in [3.8, 4) is 0 Å². The molecular weight excluding hydrogens is 280 g/mol. The summed E-state index contributed by atoms with van der Waals surface area (Å²) >= 11 is 0. The number of carboxylic acids is 1. The Morgan fingerprint density at radius 2 is 1.90 bits per heavy atom. The molecule has 0 amide bonds. The molecule has 1 saturated heterocycles. The maximum atomic E-state index is 14.1. The number of carboxylic acid groups (broad SMARTS) is 1. The smallest absolute Gasteiger partial charge is 0.328 e. The predicted molar refractivity (Wildman–Crippen MR) is 75.3 cm³/mol. The Morgan fingerprint density at radius 1 is 1.33 bits per heavy atom. The van der Waals surface area contributed by atoms with Crippen molar-refractivity contribution < 1.29 is 23.4 Å². The second-order valence-corrected chi connectivity index (χ2v) is 4.93. The maximum Gasteiger partial charge on any atom is 0.328 e. The Kier molecular flexibility index (Phi) is 4.90.